The number of likely N-dealkylation sites (tertiary alicyclic amines) is 1. The van der Waals surface area contributed by atoms with Crippen LogP contribution in [0.1, 0.15) is 49.5 Å². The minimum absolute atomic E-state index is 0.111. The lowest BCUT2D eigenvalue weighted by molar-refractivity contribution is -0.140. The molecule has 5 rings (SSSR count). The standard InChI is InChI=1S/C29H34FN5O6/c1-5-17-6-8-20(30)19(14-17)24(36)32-23(16(2)3)25(37)34-12-10-29(11-13-34)26(38)33(4)28(40)35(29)18-7-9-21-22(15-18)41-27(39)31-21/h6-9,14-16,23,28,40H,5,10-13H2,1-4H3,(H,31,39)(H,32,36)/t23-,28?/m1/s1. The molecule has 1 aromatic heterocycles. The number of rotatable bonds is 6. The molecule has 2 atom stereocenters. The highest BCUT2D eigenvalue weighted by Crippen LogP contribution is 2.42. The van der Waals surface area contributed by atoms with Crippen molar-refractivity contribution in [3.05, 3.63) is 63.9 Å². The number of carbonyl (C=O) groups excluding carboxylic acids is 3. The number of hydrogen-bond donors (Lipinski definition) is 3. The maximum absolute atomic E-state index is 14.5. The number of carbonyl (C=O) groups is 3. The summed E-state index contributed by atoms with van der Waals surface area (Å²) in [4.78, 5) is 58.8. The number of aryl methyl sites for hydroxylation is 1. The lowest BCUT2D eigenvalue weighted by Crippen LogP contribution is -2.60. The van der Waals surface area contributed by atoms with Gasteiger partial charge in [-0.1, -0.05) is 26.8 Å². The highest BCUT2D eigenvalue weighted by Gasteiger charge is 2.57. The van der Waals surface area contributed by atoms with Crippen LogP contribution >= 0.6 is 0 Å². The number of aliphatic hydroxyl groups is 1. The fraction of sp³-hybridized carbons (Fsp3) is 0.448. The van der Waals surface area contributed by atoms with Crippen LogP contribution in [-0.2, 0) is 16.0 Å². The van der Waals surface area contributed by atoms with Crippen molar-refractivity contribution in [3.63, 3.8) is 0 Å². The molecule has 2 aliphatic heterocycles. The summed E-state index contributed by atoms with van der Waals surface area (Å²) in [5, 5.41) is 13.8. The molecule has 12 heteroatoms. The molecular weight excluding hydrogens is 533 g/mol. The zero-order chi connectivity index (χ0) is 29.6. The minimum atomic E-state index is -1.26. The van der Waals surface area contributed by atoms with E-state index in [9.17, 15) is 28.7 Å². The van der Waals surface area contributed by atoms with Gasteiger partial charge in [-0.25, -0.2) is 9.18 Å². The van der Waals surface area contributed by atoms with Crippen LogP contribution in [-0.4, -0.2) is 75.7 Å². The van der Waals surface area contributed by atoms with Crippen LogP contribution in [0.4, 0.5) is 10.1 Å². The Balaban J connectivity index is 1.36. The van der Waals surface area contributed by atoms with Crippen molar-refractivity contribution < 1.29 is 28.3 Å². The van der Waals surface area contributed by atoms with Gasteiger partial charge in [0.15, 0.2) is 5.58 Å². The molecule has 1 spiro atoms. The largest absolute Gasteiger partial charge is 0.417 e. The van der Waals surface area contributed by atoms with Crippen molar-refractivity contribution in [3.8, 4) is 0 Å². The molecule has 2 fully saturated rings. The van der Waals surface area contributed by atoms with Crippen molar-refractivity contribution in [2.45, 2.75) is 58.0 Å². The van der Waals surface area contributed by atoms with E-state index < -0.39 is 35.4 Å². The normalized spacial score (nSPS) is 19.4. The van der Waals surface area contributed by atoms with Crippen LogP contribution < -0.4 is 16.0 Å². The van der Waals surface area contributed by atoms with Crippen molar-refractivity contribution in [1.82, 2.24) is 20.1 Å². The predicted octanol–water partition coefficient (Wildman–Crippen LogP) is 2.19. The van der Waals surface area contributed by atoms with Gasteiger partial charge in [-0.15, -0.1) is 0 Å². The summed E-state index contributed by atoms with van der Waals surface area (Å²) in [6.07, 6.45) is -0.181. The van der Waals surface area contributed by atoms with Crippen LogP contribution in [0.2, 0.25) is 0 Å². The number of hydrogen-bond acceptors (Lipinski definition) is 7. The Morgan fingerprint density at radius 3 is 2.54 bits per heavy atom. The molecule has 41 heavy (non-hydrogen) atoms. The Kier molecular flexibility index (Phi) is 7.37. The number of H-pyrrole nitrogens is 1. The van der Waals surface area contributed by atoms with E-state index in [1.807, 2.05) is 6.92 Å². The molecule has 1 unspecified atom stereocenters. The van der Waals surface area contributed by atoms with Gasteiger partial charge in [-0.3, -0.25) is 19.4 Å². The number of aromatic nitrogens is 1. The average Bonchev–Trinajstić information content (AvgIpc) is 3.41. The van der Waals surface area contributed by atoms with E-state index in [-0.39, 0.29) is 49.2 Å². The van der Waals surface area contributed by atoms with Gasteiger partial charge < -0.3 is 29.5 Å². The van der Waals surface area contributed by atoms with E-state index in [2.05, 4.69) is 10.3 Å². The number of fused-ring (bicyclic) bond motifs is 1. The lowest BCUT2D eigenvalue weighted by atomic mass is 9.85. The number of anilines is 1. The molecule has 3 N–H and O–H groups in total. The Bertz CT molecular complexity index is 1560. The fourth-order valence-corrected chi connectivity index (χ4v) is 5.84. The Labute approximate surface area is 235 Å². The molecular formula is C29H34FN5O6. The second-order valence-electron chi connectivity index (χ2n) is 11.0. The van der Waals surface area contributed by atoms with E-state index in [0.29, 0.717) is 23.2 Å². The number of oxazole rings is 1. The number of amides is 3. The Hall–Kier alpha value is -4.19. The monoisotopic (exact) mass is 567 g/mol. The van der Waals surface area contributed by atoms with Gasteiger partial charge in [0.1, 0.15) is 17.4 Å². The van der Waals surface area contributed by atoms with Gasteiger partial charge in [0.2, 0.25) is 12.3 Å². The molecule has 11 nitrogen and oxygen atoms in total. The molecule has 0 saturated carbocycles. The second-order valence-corrected chi connectivity index (χ2v) is 11.0. The van der Waals surface area contributed by atoms with Gasteiger partial charge >= 0.3 is 5.76 Å². The molecule has 3 heterocycles. The fourth-order valence-electron chi connectivity index (χ4n) is 5.84. The Morgan fingerprint density at radius 2 is 1.88 bits per heavy atom. The molecule has 218 valence electrons. The summed E-state index contributed by atoms with van der Waals surface area (Å²) in [5.41, 5.74) is 0.843. The van der Waals surface area contributed by atoms with E-state index in [1.54, 1.807) is 47.9 Å². The second kappa shape index (κ2) is 10.7. The molecule has 2 aliphatic rings. The highest BCUT2D eigenvalue weighted by atomic mass is 19.1. The summed E-state index contributed by atoms with van der Waals surface area (Å²) >= 11 is 0. The third-order valence-corrected chi connectivity index (χ3v) is 8.24. The van der Waals surface area contributed by atoms with E-state index in [1.165, 1.54) is 24.1 Å². The number of piperidine rings is 1. The van der Waals surface area contributed by atoms with Gasteiger partial charge in [0.05, 0.1) is 11.1 Å². The molecule has 2 aromatic carbocycles. The molecule has 2 saturated heterocycles. The van der Waals surface area contributed by atoms with Crippen LogP contribution in [0.3, 0.4) is 0 Å². The minimum Gasteiger partial charge on any atom is -0.408 e. The summed E-state index contributed by atoms with van der Waals surface area (Å²) in [6.45, 7) is 5.90. The number of nitrogens with one attached hydrogen (secondary N) is 2. The van der Waals surface area contributed by atoms with Crippen LogP contribution in [0.25, 0.3) is 11.1 Å². The lowest BCUT2D eigenvalue weighted by Gasteiger charge is -2.44. The first-order valence-corrected chi connectivity index (χ1v) is 13.7. The maximum Gasteiger partial charge on any atom is 0.417 e. The van der Waals surface area contributed by atoms with Crippen LogP contribution in [0.15, 0.2) is 45.6 Å². The molecule has 0 aliphatic carbocycles. The first-order valence-electron chi connectivity index (χ1n) is 13.7. The molecule has 3 aromatic rings. The molecule has 3 amide bonds. The molecule has 0 radical (unpaired) electrons. The molecule has 0 bridgehead atoms. The number of aliphatic hydroxyl groups excluding tert-OH is 1. The zero-order valence-electron chi connectivity index (χ0n) is 23.4. The highest BCUT2D eigenvalue weighted by molar-refractivity contribution is 5.98. The summed E-state index contributed by atoms with van der Waals surface area (Å²) in [5.74, 6) is -2.81. The van der Waals surface area contributed by atoms with Gasteiger partial charge in [0.25, 0.3) is 11.8 Å². The third-order valence-electron chi connectivity index (χ3n) is 8.24. The van der Waals surface area contributed by atoms with Gasteiger partial charge in [-0.2, -0.15) is 0 Å². The number of aromatic amines is 1. The summed E-state index contributed by atoms with van der Waals surface area (Å²) in [6, 6.07) is 8.40. The van der Waals surface area contributed by atoms with Crippen LogP contribution in [0.5, 0.6) is 0 Å². The number of likely N-dealkylation sites (N-methyl/N-ethyl adjacent to an activating group) is 1. The first kappa shape index (κ1) is 28.3. The zero-order valence-corrected chi connectivity index (χ0v) is 23.4. The SMILES string of the molecule is CCc1ccc(F)c(C(=O)N[C@@H](C(=O)N2CCC3(CC2)C(=O)N(C)C(O)N3c2ccc3[nH]c(=O)oc3c2)C(C)C)c1. The smallest absolute Gasteiger partial charge is 0.408 e. The maximum atomic E-state index is 14.5. The topological polar surface area (TPSA) is 139 Å². The summed E-state index contributed by atoms with van der Waals surface area (Å²) < 4.78 is 19.6. The number of halogens is 1. The van der Waals surface area contributed by atoms with Crippen LogP contribution in [0, 0.1) is 11.7 Å². The van der Waals surface area contributed by atoms with Gasteiger partial charge in [-0.05, 0) is 55.0 Å². The van der Waals surface area contributed by atoms with Gasteiger partial charge in [0, 0.05) is 31.9 Å². The van der Waals surface area contributed by atoms with E-state index in [4.69, 9.17) is 4.42 Å². The van der Waals surface area contributed by atoms with Crippen molar-refractivity contribution in [2.75, 3.05) is 25.0 Å². The van der Waals surface area contributed by atoms with E-state index in [0.717, 1.165) is 5.56 Å². The first-order chi connectivity index (χ1) is 19.5. The average molecular weight is 568 g/mol. The van der Waals surface area contributed by atoms with Crippen molar-refractivity contribution >= 4 is 34.5 Å². The predicted molar refractivity (Wildman–Crippen MR) is 149 cm³/mol. The number of benzene rings is 2. The quantitative estimate of drug-likeness (QED) is 0.415. The Morgan fingerprint density at radius 1 is 1.17 bits per heavy atom. The van der Waals surface area contributed by atoms with Crippen molar-refractivity contribution in [2.24, 2.45) is 5.92 Å². The van der Waals surface area contributed by atoms with E-state index >= 15 is 0 Å². The number of nitrogens with zero attached hydrogens (tertiary/aromatic N) is 3. The van der Waals surface area contributed by atoms with Crippen molar-refractivity contribution in [1.29, 1.82) is 0 Å². The third kappa shape index (κ3) is 4.86. The summed E-state index contributed by atoms with van der Waals surface area (Å²) in [7, 11) is 1.51.